The molecule has 58 N–H and O–H groups in total. The molecule has 61 nitrogen and oxygen atoms in total. The highest BCUT2D eigenvalue weighted by atomic mass is 19.3. The van der Waals surface area contributed by atoms with Crippen LogP contribution in [0.1, 0.15) is 51.4 Å². The number of hydrogen-bond acceptors (Lipinski definition) is 59. The quantitative estimate of drug-likeness (QED) is 0.0272. The van der Waals surface area contributed by atoms with E-state index >= 15 is 0 Å². The van der Waals surface area contributed by atoms with E-state index in [2.05, 4.69) is 10.6 Å². The largest absolute Gasteiger partial charge is 0.394 e. The lowest BCUT2D eigenvalue weighted by molar-refractivity contribution is -0.299. The molecule has 0 bridgehead atoms. The first kappa shape index (κ1) is 123. The van der Waals surface area contributed by atoms with Gasteiger partial charge in [0.15, 0.2) is 68.8 Å². The number of nitrogens with two attached hydrogens (primary N) is 18. The van der Waals surface area contributed by atoms with Crippen molar-refractivity contribution in [1.29, 1.82) is 0 Å². The zero-order valence-electron chi connectivity index (χ0n) is 79.1. The fourth-order valence-corrected chi connectivity index (χ4v) is 19.3. The predicted octanol–water partition coefficient (Wildman–Crippen LogP) is -25.1. The van der Waals surface area contributed by atoms with Gasteiger partial charge in [-0.3, -0.25) is 14.4 Å². The molecule has 0 spiro atoms. The van der Waals surface area contributed by atoms with Crippen molar-refractivity contribution in [2.75, 3.05) is 78.7 Å². The van der Waals surface area contributed by atoms with Gasteiger partial charge in [-0.05, 0) is 51.0 Å². The van der Waals surface area contributed by atoms with E-state index in [1.807, 2.05) is 0 Å². The van der Waals surface area contributed by atoms with Gasteiger partial charge in [-0.2, -0.15) is 0 Å². The average Bonchev–Trinajstić information content (AvgIpc) is 1.75. The minimum absolute atomic E-state index is 0.00173. The van der Waals surface area contributed by atoms with Crippen molar-refractivity contribution in [2.24, 2.45) is 109 Å². The summed E-state index contributed by atoms with van der Waals surface area (Å²) in [6, 6.07) is -12.3. The van der Waals surface area contributed by atoms with Crippen LogP contribution in [0.5, 0.6) is 0 Å². The van der Waals surface area contributed by atoms with E-state index in [0.717, 1.165) is 0 Å². The van der Waals surface area contributed by atoms with Crippen molar-refractivity contribution in [3.63, 3.8) is 0 Å². The van der Waals surface area contributed by atoms with Gasteiger partial charge in [-0.25, -0.2) is 13.2 Å². The van der Waals surface area contributed by atoms with Crippen LogP contribution >= 0.6 is 0 Å². The monoisotopic (exact) mass is 2120 g/mol. The Kier molecular flexibility index (Phi) is 46.6. The van der Waals surface area contributed by atoms with Gasteiger partial charge in [0.1, 0.15) is 171 Å². The standard InChI is InChI=1S/C27H51F2N7O14.C27H52FN7O14.C27H52N6O13/c28-27(29,6-32)22(43)23(44)36-9-1-7(33)19(48-24-8(34)2-10(38)11(3-30)45-24)21(15(9)39)50-26-18(42)20(13(5-37)47-26)49-25-14(35)17(41)16(40)12(4-31)46-25;28-7(3-29)16(38)24(43)35-10-1-8(32)21(47-25-9(33)2-11(37)12(4-30)44-25)23(17(10)39)49-27-20(42)22(14(6-36)46-27)48-26-15(34)19(41)18(40)13(5-31)45-26;28-2-1-10(35)3-9-4-11(31)22(44-25-12(32)5-13(36)14(6-29)41-25)24(18(9)37)46-27-21(40)23(16(8-34)43-27)45-26-17(33)20(39)19(38)15(7-30)42-26/h7-22,24-26,37-43H,1-6,30-35H2,(H,36,44);7-23,25-27,36-42H,1-6,29-34H2,(H,35,43);9,11-27,34,36-40H,1-8,28-33H2/t7-,8+,9+,10-,11+,12-,13+,14+,15-,16+,17+,18+,19+,20+,21+,22+,24+,25+,26-;7-,8-,9+,10+,11-,12+,13-,14+,15+,16?,17-,18+,19+,20+,21+,22+,23+,25+,26+,27-;9-,11+,12-,13+,14-,15+,16-,17-,18+,19-,20-,21-,22-,23-,24-,25-,26-,27+/m001/s1. The van der Waals surface area contributed by atoms with Gasteiger partial charge >= 0.3 is 0 Å². The summed E-state index contributed by atoms with van der Waals surface area (Å²) in [5.74, 6) is -7.64. The molecular formula is C81H155F3N20O41. The SMILES string of the molecule is NCCC(=O)C[C@@H]1C[C@H](N)[C@@H](O[C@H]2O[C@H](CN)[C@@H](O)C[C@H]2N)[C@H](O[C@@H]2O[C@H](CO)[C@@H](O[C@H]3O[C@@H](CN)[C@@H](O)[C@H](O)[C@H]3N)[C@H]2O)[C@H]1O.NC[C@@H]1O[C@H](O[C@H]2[C@@H](O)[C@H](O[C@@H]3[C@@H](O)[C@H](NC(=O)C(O)[C@@H](F)CN)C[C@H](N)[C@H]3O[C@H]3O[C@H](CN)[C@@H](O)C[C@H]3N)O[C@@H]2CO)[C@H](N)[C@@H](O)[C@@H]1O.NC[C@@H]1O[C@H](O[C@H]2[C@@H](O)[C@H](O[C@@H]3[C@@H](O)[C@H](NC(=O)[C@@H](O)C(F)(F)CN)C[C@H](N)[C@H]3O[C@H]3O[C@H](CN)[C@@H](O)C[C@H]3N)O[C@@H]2CO)[C@H](N)[C@@H](O)[C@@H]1O. The number of carbonyl (C=O) groups is 3. The van der Waals surface area contributed by atoms with E-state index in [-0.39, 0.29) is 103 Å². The molecule has 0 aromatic carbocycles. The highest BCUT2D eigenvalue weighted by Crippen LogP contribution is 2.42. The number of hydrogen-bond donors (Lipinski definition) is 40. The summed E-state index contributed by atoms with van der Waals surface area (Å²) in [5.41, 5.74) is 106. The molecule has 57 atom stereocenters. The average molecular weight is 2120 g/mol. The molecule has 846 valence electrons. The lowest BCUT2D eigenvalue weighted by atomic mass is 9.77. The van der Waals surface area contributed by atoms with Crippen LogP contribution in [0, 0.1) is 5.92 Å². The molecule has 145 heavy (non-hydrogen) atoms. The topological polar surface area (TPSA) is 1110 Å². The fourth-order valence-electron chi connectivity index (χ4n) is 19.3. The zero-order valence-corrected chi connectivity index (χ0v) is 79.1. The number of alkyl halides is 3. The maximum Gasteiger partial charge on any atom is 0.294 e. The van der Waals surface area contributed by atoms with E-state index in [4.69, 9.17) is 188 Å². The molecule has 12 aliphatic rings. The molecule has 12 fully saturated rings. The van der Waals surface area contributed by atoms with Crippen LogP contribution in [0.3, 0.4) is 0 Å². The Hall–Kier alpha value is -3.84. The number of aliphatic hydroxyl groups is 20. The number of ketones is 1. The molecule has 3 saturated carbocycles. The van der Waals surface area contributed by atoms with Crippen LogP contribution in [0.25, 0.3) is 0 Å². The first-order valence-electron chi connectivity index (χ1n) is 47.9. The highest BCUT2D eigenvalue weighted by molar-refractivity contribution is 5.82. The lowest BCUT2D eigenvalue weighted by Gasteiger charge is -2.47. The maximum atomic E-state index is 14.0. The summed E-state index contributed by atoms with van der Waals surface area (Å²) in [6.07, 6.45) is -63.8. The summed E-state index contributed by atoms with van der Waals surface area (Å²) in [5, 5.41) is 215. The molecule has 3 aliphatic carbocycles. The van der Waals surface area contributed by atoms with E-state index < -0.39 is 399 Å². The number of rotatable bonds is 39. The number of halogens is 3. The molecule has 0 aromatic rings. The first-order valence-corrected chi connectivity index (χ1v) is 47.9. The van der Waals surface area contributed by atoms with Crippen molar-refractivity contribution in [1.82, 2.24) is 10.6 Å². The Morgan fingerprint density at radius 3 is 0.890 bits per heavy atom. The summed E-state index contributed by atoms with van der Waals surface area (Å²) in [4.78, 5) is 37.7. The molecular weight excluding hydrogens is 1970 g/mol. The lowest BCUT2D eigenvalue weighted by Crippen LogP contribution is -2.68. The van der Waals surface area contributed by atoms with E-state index in [0.29, 0.717) is 0 Å². The van der Waals surface area contributed by atoms with Crippen LogP contribution in [0.4, 0.5) is 13.2 Å². The third-order valence-corrected chi connectivity index (χ3v) is 28.0. The number of Topliss-reactive ketones (excluding diaryl/α,β-unsaturated/α-hetero) is 1. The molecule has 0 aromatic heterocycles. The molecule has 9 saturated heterocycles. The third kappa shape index (κ3) is 28.9. The van der Waals surface area contributed by atoms with Crippen molar-refractivity contribution < 1.29 is 215 Å². The summed E-state index contributed by atoms with van der Waals surface area (Å²) in [7, 11) is 0. The fraction of sp³-hybridized carbons (Fsp3) is 0.963. The van der Waals surface area contributed by atoms with Gasteiger partial charge in [0.2, 0.25) is 0 Å². The number of aliphatic hydroxyl groups excluding tert-OH is 20. The van der Waals surface area contributed by atoms with Crippen LogP contribution in [-0.4, -0.2) is 547 Å². The van der Waals surface area contributed by atoms with Gasteiger partial charge in [-0.15, -0.1) is 0 Å². The number of nitrogens with one attached hydrogen (secondary N) is 2. The van der Waals surface area contributed by atoms with E-state index in [1.54, 1.807) is 0 Å². The summed E-state index contributed by atoms with van der Waals surface area (Å²) >= 11 is 0. The predicted molar refractivity (Wildman–Crippen MR) is 478 cm³/mol. The van der Waals surface area contributed by atoms with Crippen molar-refractivity contribution in [3.05, 3.63) is 0 Å². The number of amides is 2. The van der Waals surface area contributed by atoms with Gasteiger partial charge in [0, 0.05) is 76.8 Å². The minimum atomic E-state index is -4.01. The molecule has 0 radical (unpaired) electrons. The second-order valence-corrected chi connectivity index (χ2v) is 38.3. The van der Waals surface area contributed by atoms with Crippen LogP contribution < -0.4 is 114 Å². The Morgan fingerprint density at radius 1 is 0.324 bits per heavy atom. The third-order valence-electron chi connectivity index (χ3n) is 28.0. The van der Waals surface area contributed by atoms with Crippen molar-refractivity contribution >= 4 is 17.6 Å². The van der Waals surface area contributed by atoms with Crippen LogP contribution in [0.15, 0.2) is 0 Å². The normalized spacial score (nSPS) is 47.4. The maximum absolute atomic E-state index is 14.0. The van der Waals surface area contributed by atoms with Gasteiger partial charge in [0.05, 0.1) is 117 Å². The van der Waals surface area contributed by atoms with Crippen LogP contribution in [0.2, 0.25) is 0 Å². The van der Waals surface area contributed by atoms with Gasteiger partial charge < -0.3 is 301 Å². The Morgan fingerprint density at radius 2 is 0.600 bits per heavy atom. The number of ether oxygens (including phenoxy) is 18. The van der Waals surface area contributed by atoms with Gasteiger partial charge in [0.25, 0.3) is 17.7 Å². The van der Waals surface area contributed by atoms with Crippen molar-refractivity contribution in [3.8, 4) is 0 Å². The second-order valence-electron chi connectivity index (χ2n) is 38.3. The molecule has 64 heteroatoms. The van der Waals surface area contributed by atoms with Gasteiger partial charge in [-0.1, -0.05) is 0 Å². The molecule has 12 rings (SSSR count). The smallest absolute Gasteiger partial charge is 0.294 e. The van der Waals surface area contributed by atoms with Crippen LogP contribution in [-0.2, 0) is 99.6 Å². The Bertz CT molecular complexity index is 3900. The van der Waals surface area contributed by atoms with E-state index in [1.165, 1.54) is 0 Å². The first-order chi connectivity index (χ1) is 68.5. The van der Waals surface area contributed by atoms with E-state index in [9.17, 15) is 130 Å². The summed E-state index contributed by atoms with van der Waals surface area (Å²) < 4.78 is 147. The number of carbonyl (C=O) groups excluding carboxylic acids is 3. The Labute approximate surface area is 828 Å². The minimum Gasteiger partial charge on any atom is -0.394 e. The zero-order chi connectivity index (χ0) is 107. The molecule has 1 unspecified atom stereocenters. The Balaban J connectivity index is 0.000000223. The molecule has 9 heterocycles. The molecule has 9 aliphatic heterocycles. The summed E-state index contributed by atoms with van der Waals surface area (Å²) in [6.45, 7) is -4.83. The van der Waals surface area contributed by atoms with Crippen molar-refractivity contribution in [2.45, 2.75) is 400 Å². The molecule has 2 amide bonds. The highest BCUT2D eigenvalue weighted by Gasteiger charge is 2.61. The second kappa shape index (κ2) is 55.0.